The number of rotatable bonds is 10. The maximum atomic E-state index is 12.6. The number of esters is 1. The fraction of sp³-hybridized carbons (Fsp3) is 0.706. The second-order valence-electron chi connectivity index (χ2n) is 13.0. The van der Waals surface area contributed by atoms with Crippen LogP contribution in [-0.4, -0.2) is 17.1 Å². The molecule has 0 saturated heterocycles. The molecule has 3 heteroatoms. The van der Waals surface area contributed by atoms with Gasteiger partial charge >= 0.3 is 5.97 Å². The molecule has 2 saturated carbocycles. The Morgan fingerprint density at radius 3 is 2.54 bits per heavy atom. The Morgan fingerprint density at radius 2 is 1.76 bits per heavy atom. The van der Waals surface area contributed by atoms with Gasteiger partial charge in [-0.3, -0.25) is 9.78 Å². The van der Waals surface area contributed by atoms with Gasteiger partial charge in [0, 0.05) is 25.2 Å². The number of unbranched alkanes of at least 4 members (excludes halogenated alkanes) is 6. The topological polar surface area (TPSA) is 39.2 Å². The Hall–Kier alpha value is -1.90. The number of hydrogen-bond donors (Lipinski definition) is 0. The third-order valence-electron chi connectivity index (χ3n) is 10.9. The first-order valence-corrected chi connectivity index (χ1v) is 15.5. The van der Waals surface area contributed by atoms with E-state index in [9.17, 15) is 4.79 Å². The molecule has 37 heavy (non-hydrogen) atoms. The Labute approximate surface area is 225 Å². The normalized spacial score (nSPS) is 34.6. The van der Waals surface area contributed by atoms with E-state index in [-0.39, 0.29) is 22.9 Å². The minimum Gasteiger partial charge on any atom is -0.462 e. The van der Waals surface area contributed by atoms with Crippen LogP contribution < -0.4 is 0 Å². The van der Waals surface area contributed by atoms with E-state index in [1.807, 2.05) is 6.20 Å². The maximum absolute atomic E-state index is 12.6. The first-order chi connectivity index (χ1) is 18.0. The predicted octanol–water partition coefficient (Wildman–Crippen LogP) is 9.09. The van der Waals surface area contributed by atoms with E-state index < -0.39 is 0 Å². The number of nitrogens with zero attached hydrogens (tertiary/aromatic N) is 1. The molecule has 1 aromatic heterocycles. The van der Waals surface area contributed by atoms with Crippen LogP contribution in [0.3, 0.4) is 0 Å². The van der Waals surface area contributed by atoms with Gasteiger partial charge in [-0.05, 0) is 90.7 Å². The molecule has 2 fully saturated rings. The van der Waals surface area contributed by atoms with E-state index in [0.29, 0.717) is 6.42 Å². The fourth-order valence-corrected chi connectivity index (χ4v) is 8.74. The Balaban J connectivity index is 1.16. The van der Waals surface area contributed by atoms with Crippen LogP contribution in [-0.2, 0) is 9.53 Å². The van der Waals surface area contributed by atoms with Crippen LogP contribution >= 0.6 is 0 Å². The van der Waals surface area contributed by atoms with Gasteiger partial charge in [-0.2, -0.15) is 0 Å². The third kappa shape index (κ3) is 5.34. The molecule has 0 bridgehead atoms. The van der Waals surface area contributed by atoms with E-state index in [4.69, 9.17) is 4.74 Å². The van der Waals surface area contributed by atoms with Gasteiger partial charge in [0.2, 0.25) is 0 Å². The van der Waals surface area contributed by atoms with Crippen molar-refractivity contribution >= 4 is 11.5 Å². The highest BCUT2D eigenvalue weighted by atomic mass is 16.5. The number of allylic oxidation sites excluding steroid dienone is 3. The quantitative estimate of drug-likeness (QED) is 0.181. The van der Waals surface area contributed by atoms with Crippen LogP contribution in [0.5, 0.6) is 0 Å². The molecule has 5 rings (SSSR count). The maximum Gasteiger partial charge on any atom is 0.306 e. The van der Waals surface area contributed by atoms with Gasteiger partial charge in [0.1, 0.15) is 6.10 Å². The number of aromatic nitrogens is 1. The van der Waals surface area contributed by atoms with Crippen molar-refractivity contribution in [1.29, 1.82) is 0 Å². The Bertz CT molecular complexity index is 996. The lowest BCUT2D eigenvalue weighted by molar-refractivity contribution is -0.151. The summed E-state index contributed by atoms with van der Waals surface area (Å²) in [5.41, 5.74) is 5.01. The summed E-state index contributed by atoms with van der Waals surface area (Å²) in [6.07, 6.45) is 26.5. The second kappa shape index (κ2) is 11.5. The summed E-state index contributed by atoms with van der Waals surface area (Å²) in [4.78, 5) is 17.0. The largest absolute Gasteiger partial charge is 0.462 e. The van der Waals surface area contributed by atoms with Crippen molar-refractivity contribution in [3.8, 4) is 0 Å². The molecule has 1 aromatic rings. The van der Waals surface area contributed by atoms with Crippen molar-refractivity contribution in [2.75, 3.05) is 0 Å². The molecule has 0 aromatic carbocycles. The van der Waals surface area contributed by atoms with Crippen LogP contribution in [0.2, 0.25) is 0 Å². The average Bonchev–Trinajstić information content (AvgIpc) is 3.26. The Kier molecular flexibility index (Phi) is 8.27. The SMILES string of the molecule is CCCCCCCCCC(=O)O[C@H]1CC[C@@]2(C)C(=CCC3[C@@H]2CC[C@]2(C)C(c4cccnc4)=CC[C@@H]32)C1. The molecular formula is C34H49NO2. The summed E-state index contributed by atoms with van der Waals surface area (Å²) >= 11 is 0. The van der Waals surface area contributed by atoms with Gasteiger partial charge in [0.05, 0.1) is 0 Å². The first kappa shape index (κ1) is 26.7. The molecule has 1 heterocycles. The minimum absolute atomic E-state index is 0.0323. The van der Waals surface area contributed by atoms with Gasteiger partial charge in [0.25, 0.3) is 0 Å². The van der Waals surface area contributed by atoms with E-state index in [1.165, 1.54) is 69.8 Å². The van der Waals surface area contributed by atoms with Crippen LogP contribution in [0.1, 0.15) is 123 Å². The van der Waals surface area contributed by atoms with E-state index in [2.05, 4.69) is 56.2 Å². The van der Waals surface area contributed by atoms with Crippen molar-refractivity contribution in [2.24, 2.45) is 28.6 Å². The smallest absolute Gasteiger partial charge is 0.306 e. The minimum atomic E-state index is 0.0323. The lowest BCUT2D eigenvalue weighted by Gasteiger charge is -2.57. The number of carbonyl (C=O) groups is 1. The molecule has 0 N–H and O–H groups in total. The van der Waals surface area contributed by atoms with Crippen molar-refractivity contribution in [1.82, 2.24) is 4.98 Å². The molecular weight excluding hydrogens is 454 g/mol. The highest BCUT2D eigenvalue weighted by Gasteiger charge is 2.57. The summed E-state index contributed by atoms with van der Waals surface area (Å²) in [7, 11) is 0. The molecule has 4 aliphatic rings. The van der Waals surface area contributed by atoms with Gasteiger partial charge in [0.15, 0.2) is 0 Å². The monoisotopic (exact) mass is 503 g/mol. The van der Waals surface area contributed by atoms with Crippen LogP contribution in [0.25, 0.3) is 5.57 Å². The summed E-state index contributed by atoms with van der Waals surface area (Å²) < 4.78 is 6.02. The molecule has 0 radical (unpaired) electrons. The highest BCUT2D eigenvalue weighted by molar-refractivity contribution is 5.72. The zero-order valence-corrected chi connectivity index (χ0v) is 23.6. The number of fused-ring (bicyclic) bond motifs is 5. The molecule has 202 valence electrons. The predicted molar refractivity (Wildman–Crippen MR) is 152 cm³/mol. The average molecular weight is 504 g/mol. The molecule has 0 aliphatic heterocycles. The molecule has 3 nitrogen and oxygen atoms in total. The van der Waals surface area contributed by atoms with Crippen LogP contribution in [0.15, 0.2) is 42.3 Å². The number of hydrogen-bond acceptors (Lipinski definition) is 3. The molecule has 0 amide bonds. The summed E-state index contributed by atoms with van der Waals surface area (Å²) in [6, 6.07) is 4.32. The zero-order valence-electron chi connectivity index (χ0n) is 23.6. The summed E-state index contributed by atoms with van der Waals surface area (Å²) in [6.45, 7) is 7.32. The first-order valence-electron chi connectivity index (χ1n) is 15.5. The number of pyridine rings is 1. The van der Waals surface area contributed by atoms with Gasteiger partial charge in [-0.15, -0.1) is 0 Å². The van der Waals surface area contributed by atoms with Gasteiger partial charge < -0.3 is 4.74 Å². The van der Waals surface area contributed by atoms with Crippen molar-refractivity contribution in [3.63, 3.8) is 0 Å². The highest BCUT2D eigenvalue weighted by Crippen LogP contribution is 2.66. The molecule has 6 atom stereocenters. The lowest BCUT2D eigenvalue weighted by Crippen LogP contribution is -2.50. The second-order valence-corrected chi connectivity index (χ2v) is 13.0. The fourth-order valence-electron chi connectivity index (χ4n) is 8.74. The van der Waals surface area contributed by atoms with E-state index >= 15 is 0 Å². The van der Waals surface area contributed by atoms with E-state index in [0.717, 1.165) is 43.4 Å². The third-order valence-corrected chi connectivity index (χ3v) is 10.9. The van der Waals surface area contributed by atoms with Gasteiger partial charge in [-0.25, -0.2) is 0 Å². The van der Waals surface area contributed by atoms with Crippen LogP contribution in [0.4, 0.5) is 0 Å². The standard InChI is InChI=1S/C34H49NO2/c1-4-5-6-7-8-9-10-13-32(36)37-27-18-20-33(2)26(23-27)14-15-28-30-17-16-29(25-12-11-22-35-24-25)34(30,3)21-19-31(28)33/h11-12,14,16,22,24,27-28,30-31H,4-10,13,15,17-21,23H2,1-3H3/t27-,28?,30-,31-,33-,34+/m0/s1. The van der Waals surface area contributed by atoms with Crippen molar-refractivity contribution in [3.05, 3.63) is 47.8 Å². The molecule has 4 aliphatic carbocycles. The van der Waals surface area contributed by atoms with Crippen molar-refractivity contribution in [2.45, 2.75) is 123 Å². The summed E-state index contributed by atoms with van der Waals surface area (Å²) in [5, 5.41) is 0. The number of carbonyl (C=O) groups excluding carboxylic acids is 1. The van der Waals surface area contributed by atoms with Gasteiger partial charge in [-0.1, -0.05) is 83.1 Å². The molecule has 1 unspecified atom stereocenters. The van der Waals surface area contributed by atoms with Crippen LogP contribution in [0, 0.1) is 28.6 Å². The van der Waals surface area contributed by atoms with Crippen molar-refractivity contribution < 1.29 is 9.53 Å². The summed E-state index contributed by atoms with van der Waals surface area (Å²) in [5.74, 6) is 2.28. The number of ether oxygens (including phenoxy) is 1. The Morgan fingerprint density at radius 1 is 0.973 bits per heavy atom. The zero-order chi connectivity index (χ0) is 25.9. The lowest BCUT2D eigenvalue weighted by atomic mass is 9.47. The molecule has 0 spiro atoms. The van der Waals surface area contributed by atoms with E-state index in [1.54, 1.807) is 11.1 Å².